The van der Waals surface area contributed by atoms with Crippen molar-refractivity contribution in [3.63, 3.8) is 0 Å². The lowest BCUT2D eigenvalue weighted by atomic mass is 9.92. The third kappa shape index (κ3) is 1.61. The summed E-state index contributed by atoms with van der Waals surface area (Å²) in [7, 11) is 0. The Balaban J connectivity index is 2.14. The average Bonchev–Trinajstić information content (AvgIpc) is 2.39. The molecule has 0 amide bonds. The predicted octanol–water partition coefficient (Wildman–Crippen LogP) is 2.39. The first-order valence-electron chi connectivity index (χ1n) is 5.67. The van der Waals surface area contributed by atoms with Gasteiger partial charge >= 0.3 is 0 Å². The summed E-state index contributed by atoms with van der Waals surface area (Å²) in [5.41, 5.74) is 5.56. The van der Waals surface area contributed by atoms with Crippen molar-refractivity contribution in [1.82, 2.24) is 10.3 Å². The van der Waals surface area contributed by atoms with Crippen LogP contribution in [0.15, 0.2) is 42.7 Å². The Morgan fingerprint density at radius 3 is 2.81 bits per heavy atom. The second-order valence-electron chi connectivity index (χ2n) is 4.11. The summed E-state index contributed by atoms with van der Waals surface area (Å²) in [6, 6.07) is 10.7. The molecule has 80 valence electrons. The molecule has 1 N–H and O–H groups in total. The van der Waals surface area contributed by atoms with Gasteiger partial charge in [-0.05, 0) is 47.4 Å². The number of nitrogens with zero attached hydrogens (tertiary/aromatic N) is 1. The number of pyridine rings is 1. The molecule has 16 heavy (non-hydrogen) atoms. The number of aromatic nitrogens is 1. The smallest absolute Gasteiger partial charge is 0.0273 e. The van der Waals surface area contributed by atoms with Gasteiger partial charge in [-0.25, -0.2) is 0 Å². The summed E-state index contributed by atoms with van der Waals surface area (Å²) in [6.07, 6.45) is 4.83. The van der Waals surface area contributed by atoms with E-state index in [9.17, 15) is 0 Å². The molecule has 1 aliphatic rings. The maximum Gasteiger partial charge on any atom is 0.0273 e. The lowest BCUT2D eigenvalue weighted by Crippen LogP contribution is -2.23. The fourth-order valence-corrected chi connectivity index (χ4v) is 2.33. The zero-order valence-corrected chi connectivity index (χ0v) is 9.11. The van der Waals surface area contributed by atoms with Crippen LogP contribution >= 0.6 is 0 Å². The third-order valence-corrected chi connectivity index (χ3v) is 3.13. The van der Waals surface area contributed by atoms with Crippen LogP contribution < -0.4 is 5.32 Å². The number of hydrogen-bond acceptors (Lipinski definition) is 2. The molecule has 0 radical (unpaired) electrons. The van der Waals surface area contributed by atoms with Gasteiger partial charge in [0.05, 0.1) is 0 Å². The Kier molecular flexibility index (Phi) is 2.43. The van der Waals surface area contributed by atoms with Crippen molar-refractivity contribution in [2.45, 2.75) is 13.0 Å². The first-order valence-corrected chi connectivity index (χ1v) is 5.67. The van der Waals surface area contributed by atoms with E-state index >= 15 is 0 Å². The van der Waals surface area contributed by atoms with Crippen LogP contribution in [0.1, 0.15) is 11.1 Å². The fourth-order valence-electron chi connectivity index (χ4n) is 2.33. The van der Waals surface area contributed by atoms with E-state index in [1.54, 1.807) is 0 Å². The predicted molar refractivity (Wildman–Crippen MR) is 65.1 cm³/mol. The Bertz CT molecular complexity index is 491. The highest BCUT2D eigenvalue weighted by molar-refractivity contribution is 5.68. The quantitative estimate of drug-likeness (QED) is 0.781. The van der Waals surface area contributed by atoms with Gasteiger partial charge in [0.2, 0.25) is 0 Å². The molecule has 0 aliphatic carbocycles. The van der Waals surface area contributed by atoms with Crippen molar-refractivity contribution in [1.29, 1.82) is 0 Å². The topological polar surface area (TPSA) is 24.9 Å². The van der Waals surface area contributed by atoms with Crippen LogP contribution in [0.4, 0.5) is 0 Å². The maximum atomic E-state index is 4.07. The van der Waals surface area contributed by atoms with Crippen molar-refractivity contribution in [2.75, 3.05) is 6.54 Å². The van der Waals surface area contributed by atoms with E-state index in [2.05, 4.69) is 40.6 Å². The summed E-state index contributed by atoms with van der Waals surface area (Å²) in [6.45, 7) is 2.07. The van der Waals surface area contributed by atoms with Crippen molar-refractivity contribution >= 4 is 0 Å². The molecule has 3 rings (SSSR count). The largest absolute Gasteiger partial charge is 0.312 e. The van der Waals surface area contributed by atoms with Gasteiger partial charge < -0.3 is 5.32 Å². The first-order chi connectivity index (χ1) is 7.95. The van der Waals surface area contributed by atoms with Crippen molar-refractivity contribution in [3.05, 3.63) is 53.9 Å². The van der Waals surface area contributed by atoms with Crippen molar-refractivity contribution in [2.24, 2.45) is 0 Å². The van der Waals surface area contributed by atoms with E-state index in [-0.39, 0.29) is 0 Å². The van der Waals surface area contributed by atoms with Crippen LogP contribution in [0.3, 0.4) is 0 Å². The van der Waals surface area contributed by atoms with E-state index in [0.717, 1.165) is 19.5 Å². The number of rotatable bonds is 1. The zero-order valence-electron chi connectivity index (χ0n) is 9.11. The second kappa shape index (κ2) is 4.06. The van der Waals surface area contributed by atoms with Gasteiger partial charge in [-0.1, -0.05) is 18.2 Å². The molecule has 0 spiro atoms. The van der Waals surface area contributed by atoms with Gasteiger partial charge in [0, 0.05) is 18.9 Å². The molecule has 2 heteroatoms. The Hall–Kier alpha value is -1.67. The number of nitrogens with one attached hydrogen (secondary N) is 1. The molecule has 2 nitrogen and oxygen atoms in total. The molecule has 0 saturated heterocycles. The monoisotopic (exact) mass is 210 g/mol. The Morgan fingerprint density at radius 2 is 1.94 bits per heavy atom. The molecule has 0 fully saturated rings. The van der Waals surface area contributed by atoms with E-state index in [1.165, 1.54) is 22.3 Å². The molecule has 0 unspecified atom stereocenters. The van der Waals surface area contributed by atoms with Gasteiger partial charge in [0.15, 0.2) is 0 Å². The van der Waals surface area contributed by atoms with Gasteiger partial charge in [0.1, 0.15) is 0 Å². The molecule has 0 saturated carbocycles. The highest BCUT2D eigenvalue weighted by Crippen LogP contribution is 2.27. The molecule has 0 atom stereocenters. The summed E-state index contributed by atoms with van der Waals surface area (Å²) in [4.78, 5) is 4.07. The summed E-state index contributed by atoms with van der Waals surface area (Å²) in [5.74, 6) is 0. The third-order valence-electron chi connectivity index (χ3n) is 3.13. The van der Waals surface area contributed by atoms with Crippen LogP contribution in [0.25, 0.3) is 11.1 Å². The van der Waals surface area contributed by atoms with E-state index in [1.807, 2.05) is 12.4 Å². The van der Waals surface area contributed by atoms with Crippen molar-refractivity contribution < 1.29 is 0 Å². The minimum absolute atomic E-state index is 0.994. The summed E-state index contributed by atoms with van der Waals surface area (Å²) in [5, 5.41) is 3.41. The molecule has 1 aromatic heterocycles. The molecule has 1 aliphatic heterocycles. The Labute approximate surface area is 95.3 Å². The zero-order chi connectivity index (χ0) is 10.8. The van der Waals surface area contributed by atoms with E-state index in [4.69, 9.17) is 0 Å². The highest BCUT2D eigenvalue weighted by Gasteiger charge is 2.12. The highest BCUT2D eigenvalue weighted by atomic mass is 14.9. The Morgan fingerprint density at radius 1 is 1.06 bits per heavy atom. The van der Waals surface area contributed by atoms with Crippen molar-refractivity contribution in [3.8, 4) is 11.1 Å². The average molecular weight is 210 g/mol. The lowest BCUT2D eigenvalue weighted by molar-refractivity contribution is 0.645. The van der Waals surface area contributed by atoms with Gasteiger partial charge in [-0.15, -0.1) is 0 Å². The lowest BCUT2D eigenvalue weighted by Gasteiger charge is -2.20. The molecule has 2 aromatic rings. The number of benzene rings is 1. The molecule has 2 heterocycles. The standard InChI is InChI=1S/C14H14N2/c1-2-12-10-16-9-6-14(12)13(3-1)11-4-7-15-8-5-11/h1-5,7-8,16H,6,9-10H2. The minimum atomic E-state index is 0.994. The minimum Gasteiger partial charge on any atom is -0.312 e. The second-order valence-corrected chi connectivity index (χ2v) is 4.11. The van der Waals surface area contributed by atoms with Crippen LogP contribution in [0.5, 0.6) is 0 Å². The van der Waals surface area contributed by atoms with Crippen LogP contribution in [0, 0.1) is 0 Å². The van der Waals surface area contributed by atoms with E-state index < -0.39 is 0 Å². The fraction of sp³-hybridized carbons (Fsp3) is 0.214. The summed E-state index contributed by atoms with van der Waals surface area (Å²) >= 11 is 0. The number of fused-ring (bicyclic) bond motifs is 1. The van der Waals surface area contributed by atoms with Gasteiger partial charge in [-0.2, -0.15) is 0 Å². The molecular weight excluding hydrogens is 196 g/mol. The molecule has 0 bridgehead atoms. The maximum absolute atomic E-state index is 4.07. The van der Waals surface area contributed by atoms with E-state index in [0.29, 0.717) is 0 Å². The van der Waals surface area contributed by atoms with Gasteiger partial charge in [0.25, 0.3) is 0 Å². The summed E-state index contributed by atoms with van der Waals surface area (Å²) < 4.78 is 0. The molecule has 1 aromatic carbocycles. The van der Waals surface area contributed by atoms with Gasteiger partial charge in [-0.3, -0.25) is 4.98 Å². The molecular formula is C14H14N2. The first kappa shape index (κ1) is 9.55. The van der Waals surface area contributed by atoms with Crippen LogP contribution in [-0.4, -0.2) is 11.5 Å². The SMILES string of the molecule is c1cc2c(c(-c3ccncc3)c1)CCNC2. The van der Waals surface area contributed by atoms with Crippen LogP contribution in [0.2, 0.25) is 0 Å². The van der Waals surface area contributed by atoms with Crippen LogP contribution in [-0.2, 0) is 13.0 Å². The normalized spacial score (nSPS) is 14.5. The number of hydrogen-bond donors (Lipinski definition) is 1.